The van der Waals surface area contributed by atoms with Crippen LogP contribution in [0.2, 0.25) is 0 Å². The van der Waals surface area contributed by atoms with Crippen molar-refractivity contribution in [2.24, 2.45) is 0 Å². The fourth-order valence-corrected chi connectivity index (χ4v) is 7.63. The van der Waals surface area contributed by atoms with E-state index in [4.69, 9.17) is 24.3 Å². The van der Waals surface area contributed by atoms with Crippen LogP contribution in [0.1, 0.15) is 43.7 Å². The fourth-order valence-electron chi connectivity index (χ4n) is 5.60. The zero-order valence-electron chi connectivity index (χ0n) is 23.2. The molecule has 6 heterocycles. The van der Waals surface area contributed by atoms with Gasteiger partial charge in [0.15, 0.2) is 11.2 Å². The molecule has 43 heavy (non-hydrogen) atoms. The number of aryl methyl sites for hydroxylation is 1. The fraction of sp³-hybridized carbons (Fsp3) is 0.625. The van der Waals surface area contributed by atoms with Crippen LogP contribution in [0.15, 0.2) is 26.9 Å². The van der Waals surface area contributed by atoms with Crippen molar-refractivity contribution in [1.29, 1.82) is 0 Å². The van der Waals surface area contributed by atoms with Crippen LogP contribution in [-0.2, 0) is 23.1 Å². The lowest BCUT2D eigenvalue weighted by molar-refractivity contribution is -0.0547. The van der Waals surface area contributed by atoms with Crippen molar-refractivity contribution in [3.63, 3.8) is 0 Å². The van der Waals surface area contributed by atoms with Crippen molar-refractivity contribution in [2.45, 2.75) is 69.5 Å². The SMILES string of the molecule is Cc1cn([C@H]2C[C@H](O)[C@@H](COP(=O)(O[C@H]3C[C@H](n4cnc5c(=O)[nH]c(N)nc54)O[C@@H]3CO)N3CCCC3)O2)c(=O)[nH]c1=O. The molecule has 7 atom stereocenters. The van der Waals surface area contributed by atoms with Gasteiger partial charge >= 0.3 is 13.4 Å². The van der Waals surface area contributed by atoms with Gasteiger partial charge < -0.3 is 25.4 Å². The first kappa shape index (κ1) is 29.8. The Bertz CT molecular complexity index is 1710. The third-order valence-corrected chi connectivity index (χ3v) is 9.99. The molecule has 18 nitrogen and oxygen atoms in total. The summed E-state index contributed by atoms with van der Waals surface area (Å²) in [6.07, 6.45) is -1.01. The molecule has 234 valence electrons. The number of nitrogens with one attached hydrogen (secondary N) is 2. The number of rotatable bonds is 9. The van der Waals surface area contributed by atoms with Crippen molar-refractivity contribution >= 4 is 24.9 Å². The maximum Gasteiger partial charge on any atom is 0.408 e. The Morgan fingerprint density at radius 3 is 2.56 bits per heavy atom. The number of hydrogen-bond donors (Lipinski definition) is 5. The normalized spacial score (nSPS) is 29.5. The molecule has 0 amide bonds. The molecule has 19 heteroatoms. The highest BCUT2D eigenvalue weighted by atomic mass is 31.2. The molecule has 1 unspecified atom stereocenters. The van der Waals surface area contributed by atoms with Crippen molar-refractivity contribution in [2.75, 3.05) is 32.0 Å². The summed E-state index contributed by atoms with van der Waals surface area (Å²) in [7, 11) is -4.01. The Hall–Kier alpha value is -3.22. The van der Waals surface area contributed by atoms with E-state index in [0.29, 0.717) is 18.7 Å². The lowest BCUT2D eigenvalue weighted by Crippen LogP contribution is -2.34. The Morgan fingerprint density at radius 1 is 1.09 bits per heavy atom. The molecule has 6 rings (SSSR count). The number of imidazole rings is 1. The average Bonchev–Trinajstić information content (AvgIpc) is 3.76. The lowest BCUT2D eigenvalue weighted by Gasteiger charge is -2.31. The lowest BCUT2D eigenvalue weighted by atomic mass is 10.2. The van der Waals surface area contributed by atoms with Crippen LogP contribution in [0, 0.1) is 6.92 Å². The summed E-state index contributed by atoms with van der Waals surface area (Å²) in [6, 6.07) is 0. The highest BCUT2D eigenvalue weighted by molar-refractivity contribution is 7.51. The minimum atomic E-state index is -4.01. The third kappa shape index (κ3) is 5.72. The van der Waals surface area contributed by atoms with E-state index in [1.54, 1.807) is 11.6 Å². The van der Waals surface area contributed by atoms with Gasteiger partial charge in [0.25, 0.3) is 11.1 Å². The summed E-state index contributed by atoms with van der Waals surface area (Å²) in [4.78, 5) is 49.1. The highest BCUT2D eigenvalue weighted by Crippen LogP contribution is 2.57. The Morgan fingerprint density at radius 2 is 1.81 bits per heavy atom. The summed E-state index contributed by atoms with van der Waals surface area (Å²) in [6.45, 7) is 1.66. The van der Waals surface area contributed by atoms with E-state index in [1.165, 1.54) is 21.7 Å². The predicted molar refractivity (Wildman–Crippen MR) is 148 cm³/mol. The summed E-state index contributed by atoms with van der Waals surface area (Å²) in [5.74, 6) is -0.102. The molecule has 3 fully saturated rings. The van der Waals surface area contributed by atoms with E-state index < -0.39 is 68.0 Å². The Balaban J connectivity index is 1.19. The molecule has 0 bridgehead atoms. The van der Waals surface area contributed by atoms with Crippen LogP contribution >= 0.6 is 7.75 Å². The highest BCUT2D eigenvalue weighted by Gasteiger charge is 2.46. The minimum Gasteiger partial charge on any atom is -0.394 e. The number of aliphatic hydroxyl groups is 2. The van der Waals surface area contributed by atoms with Gasteiger partial charge in [-0.3, -0.25) is 37.7 Å². The van der Waals surface area contributed by atoms with Crippen LogP contribution in [0.4, 0.5) is 5.95 Å². The molecule has 0 spiro atoms. The van der Waals surface area contributed by atoms with Gasteiger partial charge in [-0.15, -0.1) is 0 Å². The van der Waals surface area contributed by atoms with Gasteiger partial charge in [-0.1, -0.05) is 0 Å². The second kappa shape index (κ2) is 11.7. The molecule has 0 aliphatic carbocycles. The molecule has 3 aliphatic rings. The zero-order valence-corrected chi connectivity index (χ0v) is 24.1. The standard InChI is InChI=1S/C24H33N8O10P/c1-12-8-31(24(37)29-21(12)35)17-6-13(34)16(41-17)10-39-43(38,30-4-2-3-5-30)42-14-7-18(40-15(14)9-33)32-11-26-19-20(32)27-23(25)28-22(19)36/h8,11,13-18,33-34H,2-7,9-10H2,1H3,(H,29,35,37)(H3,25,27,28,36)/t13-,14-,15+,16+,17+,18+,43?/m0/s1. The van der Waals surface area contributed by atoms with E-state index in [2.05, 4.69) is 19.9 Å². The number of aliphatic hydroxyl groups excluding tert-OH is 2. The summed E-state index contributed by atoms with van der Waals surface area (Å²) < 4.78 is 42.5. The van der Waals surface area contributed by atoms with Crippen molar-refractivity contribution < 1.29 is 33.3 Å². The summed E-state index contributed by atoms with van der Waals surface area (Å²) >= 11 is 0. The number of fused-ring (bicyclic) bond motifs is 1. The van der Waals surface area contributed by atoms with Crippen LogP contribution in [0.5, 0.6) is 0 Å². The molecule has 3 saturated heterocycles. The number of hydrogen-bond acceptors (Lipinski definition) is 13. The van der Waals surface area contributed by atoms with Crippen molar-refractivity contribution in [1.82, 2.24) is 33.7 Å². The molecule has 0 radical (unpaired) electrons. The molecule has 0 saturated carbocycles. The molecule has 3 aromatic rings. The summed E-state index contributed by atoms with van der Waals surface area (Å²) in [5, 5.41) is 20.8. The molecular weight excluding hydrogens is 591 g/mol. The van der Waals surface area contributed by atoms with E-state index >= 15 is 0 Å². The maximum absolute atomic E-state index is 14.3. The quantitative estimate of drug-likeness (QED) is 0.181. The van der Waals surface area contributed by atoms with E-state index in [1.807, 2.05) is 0 Å². The molecule has 0 aromatic carbocycles. The van der Waals surface area contributed by atoms with Crippen LogP contribution in [0.25, 0.3) is 11.2 Å². The maximum atomic E-state index is 14.3. The molecule has 3 aliphatic heterocycles. The third-order valence-electron chi connectivity index (χ3n) is 7.88. The monoisotopic (exact) mass is 624 g/mol. The number of nitrogens with zero attached hydrogens (tertiary/aromatic N) is 5. The number of nitrogens with two attached hydrogens (primary N) is 1. The number of H-pyrrole nitrogens is 2. The zero-order chi connectivity index (χ0) is 30.5. The Labute approximate surface area is 243 Å². The van der Waals surface area contributed by atoms with E-state index in [0.717, 1.165) is 12.8 Å². The van der Waals surface area contributed by atoms with Gasteiger partial charge in [-0.2, -0.15) is 4.98 Å². The van der Waals surface area contributed by atoms with Gasteiger partial charge in [0.2, 0.25) is 5.95 Å². The molecule has 3 aromatic heterocycles. The van der Waals surface area contributed by atoms with E-state index in [9.17, 15) is 29.2 Å². The van der Waals surface area contributed by atoms with Crippen molar-refractivity contribution in [3.05, 3.63) is 49.3 Å². The number of aromatic amines is 2. The largest absolute Gasteiger partial charge is 0.408 e. The van der Waals surface area contributed by atoms with Gasteiger partial charge in [-0.05, 0) is 19.8 Å². The molecular formula is C24H33N8O10P. The topological polar surface area (TPSA) is 242 Å². The van der Waals surface area contributed by atoms with E-state index in [-0.39, 0.29) is 36.6 Å². The first-order valence-corrected chi connectivity index (χ1v) is 15.4. The van der Waals surface area contributed by atoms with Crippen LogP contribution in [-0.4, -0.2) is 94.7 Å². The van der Waals surface area contributed by atoms with Crippen LogP contribution < -0.4 is 22.5 Å². The first-order valence-electron chi connectivity index (χ1n) is 13.9. The number of nitrogen functional groups attached to an aromatic ring is 1. The summed E-state index contributed by atoms with van der Waals surface area (Å²) in [5.41, 5.74) is 4.54. The van der Waals surface area contributed by atoms with Gasteiger partial charge in [0.05, 0.1) is 25.6 Å². The number of ether oxygens (including phenoxy) is 2. The second-order valence-corrected chi connectivity index (χ2v) is 12.8. The van der Waals surface area contributed by atoms with Gasteiger partial charge in [-0.25, -0.2) is 19.0 Å². The van der Waals surface area contributed by atoms with Crippen LogP contribution in [0.3, 0.4) is 0 Å². The smallest absolute Gasteiger partial charge is 0.394 e. The first-order chi connectivity index (χ1) is 20.6. The number of anilines is 1. The predicted octanol–water partition coefficient (Wildman–Crippen LogP) is -0.906. The second-order valence-electron chi connectivity index (χ2n) is 10.8. The average molecular weight is 625 g/mol. The molecule has 6 N–H and O–H groups in total. The minimum absolute atomic E-state index is 0.0409. The van der Waals surface area contributed by atoms with Gasteiger partial charge in [0, 0.05) is 37.7 Å². The van der Waals surface area contributed by atoms with Crippen molar-refractivity contribution in [3.8, 4) is 0 Å². The number of aromatic nitrogens is 6. The van der Waals surface area contributed by atoms with Gasteiger partial charge in [0.1, 0.15) is 30.8 Å². The Kier molecular flexibility index (Phi) is 8.12.